The zero-order valence-electron chi connectivity index (χ0n) is 14.4. The SMILES string of the molecule is CCC[C@@H](Nc1cncc(-c2ccc(O)c(O)c2)n1)c1ccc(Cl)cc1. The van der Waals surface area contributed by atoms with Crippen molar-refractivity contribution in [2.75, 3.05) is 5.32 Å². The summed E-state index contributed by atoms with van der Waals surface area (Å²) in [6, 6.07) is 12.4. The Hall–Kier alpha value is -2.79. The molecule has 1 heterocycles. The molecule has 0 saturated heterocycles. The van der Waals surface area contributed by atoms with Crippen molar-refractivity contribution in [2.24, 2.45) is 0 Å². The number of aromatic nitrogens is 2. The Morgan fingerprint density at radius 2 is 1.81 bits per heavy atom. The van der Waals surface area contributed by atoms with Gasteiger partial charge in [0.2, 0.25) is 0 Å². The molecule has 1 aromatic heterocycles. The number of rotatable bonds is 6. The lowest BCUT2D eigenvalue weighted by Crippen LogP contribution is -2.12. The predicted octanol–water partition coefficient (Wildman–Crippen LogP) is 5.16. The number of nitrogens with one attached hydrogen (secondary N) is 1. The van der Waals surface area contributed by atoms with Crippen molar-refractivity contribution in [2.45, 2.75) is 25.8 Å². The lowest BCUT2D eigenvalue weighted by molar-refractivity contribution is 0.404. The van der Waals surface area contributed by atoms with E-state index in [1.807, 2.05) is 24.3 Å². The summed E-state index contributed by atoms with van der Waals surface area (Å²) in [5.74, 6) is 0.290. The molecule has 0 aliphatic heterocycles. The molecule has 0 unspecified atom stereocenters. The van der Waals surface area contributed by atoms with Crippen LogP contribution in [0, 0.1) is 0 Å². The van der Waals surface area contributed by atoms with Gasteiger partial charge in [-0.15, -0.1) is 0 Å². The molecule has 134 valence electrons. The first-order chi connectivity index (χ1) is 12.6. The van der Waals surface area contributed by atoms with E-state index in [4.69, 9.17) is 11.6 Å². The summed E-state index contributed by atoms with van der Waals surface area (Å²) in [5, 5.41) is 23.3. The summed E-state index contributed by atoms with van der Waals surface area (Å²) < 4.78 is 0. The highest BCUT2D eigenvalue weighted by molar-refractivity contribution is 6.30. The summed E-state index contributed by atoms with van der Waals surface area (Å²) >= 11 is 5.99. The minimum Gasteiger partial charge on any atom is -0.504 e. The van der Waals surface area contributed by atoms with E-state index in [0.29, 0.717) is 22.1 Å². The van der Waals surface area contributed by atoms with Crippen LogP contribution in [0.3, 0.4) is 0 Å². The molecule has 0 spiro atoms. The molecule has 0 bridgehead atoms. The Morgan fingerprint density at radius 3 is 2.50 bits per heavy atom. The monoisotopic (exact) mass is 369 g/mol. The minimum atomic E-state index is -0.187. The second-order valence-corrected chi connectivity index (χ2v) is 6.47. The van der Waals surface area contributed by atoms with Gasteiger partial charge in [-0.2, -0.15) is 0 Å². The van der Waals surface area contributed by atoms with Crippen molar-refractivity contribution in [3.05, 3.63) is 65.4 Å². The minimum absolute atomic E-state index is 0.0926. The molecule has 0 saturated carbocycles. The lowest BCUT2D eigenvalue weighted by Gasteiger charge is -2.19. The van der Waals surface area contributed by atoms with E-state index in [1.165, 1.54) is 12.1 Å². The van der Waals surface area contributed by atoms with Crippen LogP contribution in [0.1, 0.15) is 31.4 Å². The van der Waals surface area contributed by atoms with E-state index in [-0.39, 0.29) is 17.5 Å². The summed E-state index contributed by atoms with van der Waals surface area (Å²) in [5.41, 5.74) is 2.41. The molecular formula is C20H20ClN3O2. The maximum absolute atomic E-state index is 9.69. The molecule has 1 atom stereocenters. The number of benzene rings is 2. The van der Waals surface area contributed by atoms with Crippen LogP contribution in [-0.4, -0.2) is 20.2 Å². The fourth-order valence-electron chi connectivity index (χ4n) is 2.74. The van der Waals surface area contributed by atoms with Gasteiger partial charge in [-0.1, -0.05) is 37.1 Å². The third kappa shape index (κ3) is 4.24. The van der Waals surface area contributed by atoms with E-state index in [2.05, 4.69) is 22.2 Å². The molecule has 3 aromatic rings. The van der Waals surface area contributed by atoms with Gasteiger partial charge in [0.05, 0.1) is 24.1 Å². The molecule has 0 aliphatic rings. The summed E-state index contributed by atoms with van der Waals surface area (Å²) in [6.45, 7) is 2.13. The Balaban J connectivity index is 1.86. The largest absolute Gasteiger partial charge is 0.504 e. The molecule has 2 aromatic carbocycles. The van der Waals surface area contributed by atoms with Crippen molar-refractivity contribution < 1.29 is 10.2 Å². The van der Waals surface area contributed by atoms with Gasteiger partial charge in [0, 0.05) is 10.6 Å². The highest BCUT2D eigenvalue weighted by Crippen LogP contribution is 2.30. The Labute approximate surface area is 157 Å². The Kier molecular flexibility index (Phi) is 5.58. The third-order valence-electron chi connectivity index (χ3n) is 4.08. The van der Waals surface area contributed by atoms with Gasteiger partial charge in [0.1, 0.15) is 5.82 Å². The number of phenols is 2. The summed E-state index contributed by atoms with van der Waals surface area (Å²) in [7, 11) is 0. The second kappa shape index (κ2) is 8.06. The van der Waals surface area contributed by atoms with Crippen molar-refractivity contribution in [1.29, 1.82) is 0 Å². The smallest absolute Gasteiger partial charge is 0.158 e. The standard InChI is InChI=1S/C20H20ClN3O2/c1-2-3-16(13-4-7-15(21)8-5-13)23-20-12-22-11-17(24-20)14-6-9-18(25)19(26)10-14/h4-12,16,25-26H,2-3H2,1H3,(H,23,24)/t16-/m1/s1. The van der Waals surface area contributed by atoms with Crippen molar-refractivity contribution in [3.63, 3.8) is 0 Å². The van der Waals surface area contributed by atoms with Crippen LogP contribution in [-0.2, 0) is 0 Å². The third-order valence-corrected chi connectivity index (χ3v) is 4.33. The molecule has 0 aliphatic carbocycles. The fraction of sp³-hybridized carbons (Fsp3) is 0.200. The fourth-order valence-corrected chi connectivity index (χ4v) is 2.87. The number of aromatic hydroxyl groups is 2. The second-order valence-electron chi connectivity index (χ2n) is 6.03. The first-order valence-electron chi connectivity index (χ1n) is 8.43. The highest BCUT2D eigenvalue weighted by atomic mass is 35.5. The molecule has 6 heteroatoms. The van der Waals surface area contributed by atoms with Gasteiger partial charge >= 0.3 is 0 Å². The van der Waals surface area contributed by atoms with Gasteiger partial charge in [-0.3, -0.25) is 4.98 Å². The van der Waals surface area contributed by atoms with Crippen LogP contribution in [0.15, 0.2) is 54.9 Å². The topological polar surface area (TPSA) is 78.3 Å². The Bertz CT molecular complexity index is 884. The predicted molar refractivity (Wildman–Crippen MR) is 104 cm³/mol. The molecule has 3 N–H and O–H groups in total. The van der Waals surface area contributed by atoms with Crippen LogP contribution < -0.4 is 5.32 Å². The quantitative estimate of drug-likeness (QED) is 0.523. The van der Waals surface area contributed by atoms with Crippen molar-refractivity contribution in [1.82, 2.24) is 9.97 Å². The number of phenolic OH excluding ortho intramolecular Hbond substituents is 2. The summed E-state index contributed by atoms with van der Waals surface area (Å²) in [6.07, 6.45) is 5.24. The van der Waals surface area contributed by atoms with Crippen LogP contribution >= 0.6 is 11.6 Å². The zero-order chi connectivity index (χ0) is 18.5. The molecule has 26 heavy (non-hydrogen) atoms. The first kappa shape index (κ1) is 18.0. The molecule has 0 fully saturated rings. The molecular weight excluding hydrogens is 350 g/mol. The number of nitrogens with zero attached hydrogens (tertiary/aromatic N) is 2. The number of anilines is 1. The van der Waals surface area contributed by atoms with Crippen LogP contribution in [0.2, 0.25) is 5.02 Å². The molecule has 0 radical (unpaired) electrons. The Morgan fingerprint density at radius 1 is 1.04 bits per heavy atom. The maximum Gasteiger partial charge on any atom is 0.158 e. The van der Waals surface area contributed by atoms with Crippen LogP contribution in [0.5, 0.6) is 11.5 Å². The van der Waals surface area contributed by atoms with Gasteiger partial charge in [-0.25, -0.2) is 4.98 Å². The average molecular weight is 370 g/mol. The van der Waals surface area contributed by atoms with Gasteiger partial charge in [0.25, 0.3) is 0 Å². The average Bonchev–Trinajstić information content (AvgIpc) is 2.64. The van der Waals surface area contributed by atoms with Crippen molar-refractivity contribution >= 4 is 17.4 Å². The van der Waals surface area contributed by atoms with E-state index in [0.717, 1.165) is 18.4 Å². The molecule has 3 rings (SSSR count). The van der Waals surface area contributed by atoms with Crippen molar-refractivity contribution in [3.8, 4) is 22.8 Å². The number of hydrogen-bond donors (Lipinski definition) is 3. The highest BCUT2D eigenvalue weighted by Gasteiger charge is 2.12. The zero-order valence-corrected chi connectivity index (χ0v) is 15.1. The molecule has 5 nitrogen and oxygen atoms in total. The normalized spacial score (nSPS) is 11.9. The van der Waals surface area contributed by atoms with E-state index >= 15 is 0 Å². The lowest BCUT2D eigenvalue weighted by atomic mass is 10.0. The van der Waals surface area contributed by atoms with E-state index < -0.39 is 0 Å². The van der Waals surface area contributed by atoms with Crippen LogP contribution in [0.4, 0.5) is 5.82 Å². The molecule has 0 amide bonds. The van der Waals surface area contributed by atoms with Crippen LogP contribution in [0.25, 0.3) is 11.3 Å². The summed E-state index contributed by atoms with van der Waals surface area (Å²) in [4.78, 5) is 8.83. The van der Waals surface area contributed by atoms with Gasteiger partial charge < -0.3 is 15.5 Å². The van der Waals surface area contributed by atoms with Gasteiger partial charge in [0.15, 0.2) is 11.5 Å². The van der Waals surface area contributed by atoms with E-state index in [9.17, 15) is 10.2 Å². The van der Waals surface area contributed by atoms with Gasteiger partial charge in [-0.05, 0) is 42.3 Å². The van der Waals surface area contributed by atoms with E-state index in [1.54, 1.807) is 18.5 Å². The number of halogens is 1. The maximum atomic E-state index is 9.69. The first-order valence-corrected chi connectivity index (χ1v) is 8.81. The number of hydrogen-bond acceptors (Lipinski definition) is 5.